The second-order valence-electron chi connectivity index (χ2n) is 6.11. The van der Waals surface area contributed by atoms with Gasteiger partial charge >= 0.3 is 0 Å². The molecule has 0 aliphatic carbocycles. The molecule has 0 aromatic heterocycles. The summed E-state index contributed by atoms with van der Waals surface area (Å²) >= 11 is 0. The maximum absolute atomic E-state index is 14.0. The lowest BCUT2D eigenvalue weighted by atomic mass is 9.89. The van der Waals surface area contributed by atoms with Crippen LogP contribution in [0.5, 0.6) is 11.5 Å². The minimum absolute atomic E-state index is 0.0869. The summed E-state index contributed by atoms with van der Waals surface area (Å²) < 4.78 is 25.5. The summed E-state index contributed by atoms with van der Waals surface area (Å²) in [6, 6.07) is 12.2. The zero-order valence-corrected chi connectivity index (χ0v) is 14.2. The van der Waals surface area contributed by atoms with E-state index in [-0.39, 0.29) is 6.61 Å². The maximum Gasteiger partial charge on any atom is 0.164 e. The number of methoxy groups -OCH3 is 1. The highest BCUT2D eigenvalue weighted by Crippen LogP contribution is 2.39. The van der Waals surface area contributed by atoms with E-state index in [0.717, 1.165) is 37.2 Å². The van der Waals surface area contributed by atoms with Crippen molar-refractivity contribution in [2.75, 3.05) is 20.2 Å². The molecule has 5 heteroatoms. The number of nitrogens with one attached hydrogen (secondary N) is 1. The Hall–Kier alpha value is -2.58. The number of ether oxygens (including phenoxy) is 2. The molecule has 3 rings (SSSR count). The third kappa shape index (κ3) is 3.92. The van der Waals surface area contributed by atoms with Gasteiger partial charge in [0.05, 0.1) is 18.7 Å². The Kier molecular flexibility index (Phi) is 5.52. The number of hydrogen-bond acceptors (Lipinski definition) is 4. The van der Waals surface area contributed by atoms with E-state index in [0.29, 0.717) is 22.8 Å². The topological polar surface area (TPSA) is 54.3 Å². The van der Waals surface area contributed by atoms with Crippen LogP contribution in [0, 0.1) is 17.1 Å². The van der Waals surface area contributed by atoms with Crippen LogP contribution in [0.15, 0.2) is 36.4 Å². The molecule has 0 bridgehead atoms. The van der Waals surface area contributed by atoms with E-state index in [1.807, 2.05) is 18.2 Å². The molecule has 2 aromatic rings. The SMILES string of the molecule is COc1c(OCc2ccc(C#N)cc2F)cccc1C1CCNCC1. The van der Waals surface area contributed by atoms with Gasteiger partial charge in [-0.05, 0) is 50.0 Å². The van der Waals surface area contributed by atoms with Gasteiger partial charge < -0.3 is 14.8 Å². The molecule has 0 radical (unpaired) electrons. The Balaban J connectivity index is 1.79. The second-order valence-corrected chi connectivity index (χ2v) is 6.11. The van der Waals surface area contributed by atoms with Crippen molar-refractivity contribution in [2.45, 2.75) is 25.4 Å². The van der Waals surface area contributed by atoms with Gasteiger partial charge in [-0.25, -0.2) is 4.39 Å². The summed E-state index contributed by atoms with van der Waals surface area (Å²) in [7, 11) is 1.63. The summed E-state index contributed by atoms with van der Waals surface area (Å²) in [6.07, 6.45) is 2.12. The predicted octanol–water partition coefficient (Wildman–Crippen LogP) is 3.75. The maximum atomic E-state index is 14.0. The molecule has 2 aromatic carbocycles. The first-order chi connectivity index (χ1) is 12.2. The first-order valence-corrected chi connectivity index (χ1v) is 8.42. The van der Waals surface area contributed by atoms with Crippen molar-refractivity contribution in [2.24, 2.45) is 0 Å². The molecule has 0 saturated carbocycles. The molecule has 0 spiro atoms. The third-order valence-corrected chi connectivity index (χ3v) is 4.56. The van der Waals surface area contributed by atoms with E-state index >= 15 is 0 Å². The molecule has 1 heterocycles. The number of piperidine rings is 1. The molecule has 1 aliphatic heterocycles. The number of nitriles is 1. The first kappa shape index (κ1) is 17.2. The minimum atomic E-state index is -0.437. The molecule has 0 atom stereocenters. The van der Waals surface area contributed by atoms with Crippen molar-refractivity contribution in [1.82, 2.24) is 5.32 Å². The molecule has 130 valence electrons. The van der Waals surface area contributed by atoms with Crippen LogP contribution in [0.4, 0.5) is 4.39 Å². The molecule has 1 saturated heterocycles. The lowest BCUT2D eigenvalue weighted by molar-refractivity contribution is 0.277. The van der Waals surface area contributed by atoms with Crippen LogP contribution < -0.4 is 14.8 Å². The van der Waals surface area contributed by atoms with Gasteiger partial charge in [-0.3, -0.25) is 0 Å². The van der Waals surface area contributed by atoms with Crippen LogP contribution >= 0.6 is 0 Å². The summed E-state index contributed by atoms with van der Waals surface area (Å²) in [4.78, 5) is 0. The molecule has 4 nitrogen and oxygen atoms in total. The fraction of sp³-hybridized carbons (Fsp3) is 0.350. The fourth-order valence-electron chi connectivity index (χ4n) is 3.21. The van der Waals surface area contributed by atoms with Crippen molar-refractivity contribution in [3.05, 3.63) is 58.9 Å². The number of halogens is 1. The van der Waals surface area contributed by atoms with E-state index in [9.17, 15) is 4.39 Å². The van der Waals surface area contributed by atoms with Crippen molar-refractivity contribution in [3.8, 4) is 17.6 Å². The van der Waals surface area contributed by atoms with Crippen LogP contribution in [0.2, 0.25) is 0 Å². The van der Waals surface area contributed by atoms with Crippen LogP contribution in [0.1, 0.15) is 35.4 Å². The van der Waals surface area contributed by atoms with E-state index in [1.54, 1.807) is 19.2 Å². The predicted molar refractivity (Wildman–Crippen MR) is 93.3 cm³/mol. The van der Waals surface area contributed by atoms with E-state index in [2.05, 4.69) is 11.4 Å². The Labute approximate surface area is 147 Å². The zero-order valence-electron chi connectivity index (χ0n) is 14.2. The van der Waals surface area contributed by atoms with Gasteiger partial charge in [0, 0.05) is 11.1 Å². The molecule has 1 fully saturated rings. The van der Waals surface area contributed by atoms with Crippen molar-refractivity contribution >= 4 is 0 Å². The highest BCUT2D eigenvalue weighted by atomic mass is 19.1. The number of hydrogen-bond donors (Lipinski definition) is 1. The summed E-state index contributed by atoms with van der Waals surface area (Å²) in [5.74, 6) is 1.34. The average Bonchev–Trinajstić information content (AvgIpc) is 2.67. The van der Waals surface area contributed by atoms with Gasteiger partial charge in [0.1, 0.15) is 12.4 Å². The van der Waals surface area contributed by atoms with Crippen LogP contribution in [-0.4, -0.2) is 20.2 Å². The van der Waals surface area contributed by atoms with E-state index < -0.39 is 5.82 Å². The summed E-state index contributed by atoms with van der Waals surface area (Å²) in [5, 5.41) is 12.2. The average molecular weight is 340 g/mol. The number of para-hydroxylation sites is 1. The zero-order chi connectivity index (χ0) is 17.6. The van der Waals surface area contributed by atoms with Gasteiger partial charge in [0.15, 0.2) is 11.5 Å². The second kappa shape index (κ2) is 8.00. The van der Waals surface area contributed by atoms with Crippen LogP contribution in [0.3, 0.4) is 0 Å². The van der Waals surface area contributed by atoms with E-state index in [4.69, 9.17) is 14.7 Å². The lowest BCUT2D eigenvalue weighted by Gasteiger charge is -2.25. The Morgan fingerprint density at radius 2 is 2.04 bits per heavy atom. The van der Waals surface area contributed by atoms with Crippen LogP contribution in [-0.2, 0) is 6.61 Å². The normalized spacial score (nSPS) is 14.8. The van der Waals surface area contributed by atoms with Crippen LogP contribution in [0.25, 0.3) is 0 Å². The van der Waals surface area contributed by atoms with Crippen molar-refractivity contribution in [3.63, 3.8) is 0 Å². The molecular formula is C20H21FN2O2. The van der Waals surface area contributed by atoms with Crippen molar-refractivity contribution in [1.29, 1.82) is 5.26 Å². The quantitative estimate of drug-likeness (QED) is 0.901. The van der Waals surface area contributed by atoms with Gasteiger partial charge in [0.25, 0.3) is 0 Å². The summed E-state index contributed by atoms with van der Waals surface area (Å²) in [5.41, 5.74) is 1.85. The van der Waals surface area contributed by atoms with E-state index in [1.165, 1.54) is 6.07 Å². The highest BCUT2D eigenvalue weighted by molar-refractivity contribution is 5.48. The van der Waals surface area contributed by atoms with Gasteiger partial charge in [-0.1, -0.05) is 18.2 Å². The fourth-order valence-corrected chi connectivity index (χ4v) is 3.21. The highest BCUT2D eigenvalue weighted by Gasteiger charge is 2.21. The third-order valence-electron chi connectivity index (χ3n) is 4.56. The number of nitrogens with zero attached hydrogens (tertiary/aromatic N) is 1. The molecular weight excluding hydrogens is 319 g/mol. The minimum Gasteiger partial charge on any atom is -0.493 e. The molecule has 25 heavy (non-hydrogen) atoms. The monoisotopic (exact) mass is 340 g/mol. The Bertz CT molecular complexity index is 780. The molecule has 0 amide bonds. The summed E-state index contributed by atoms with van der Waals surface area (Å²) in [6.45, 7) is 2.08. The lowest BCUT2D eigenvalue weighted by Crippen LogP contribution is -2.26. The van der Waals surface area contributed by atoms with Crippen molar-refractivity contribution < 1.29 is 13.9 Å². The Morgan fingerprint density at radius 3 is 2.72 bits per heavy atom. The van der Waals surface area contributed by atoms with Gasteiger partial charge in [0.2, 0.25) is 0 Å². The molecule has 1 N–H and O–H groups in total. The number of benzene rings is 2. The number of rotatable bonds is 5. The molecule has 1 aliphatic rings. The van der Waals surface area contributed by atoms with Gasteiger partial charge in [-0.15, -0.1) is 0 Å². The molecule has 0 unspecified atom stereocenters. The smallest absolute Gasteiger partial charge is 0.164 e. The van der Waals surface area contributed by atoms with Gasteiger partial charge in [-0.2, -0.15) is 5.26 Å². The first-order valence-electron chi connectivity index (χ1n) is 8.42. The largest absolute Gasteiger partial charge is 0.493 e. The Morgan fingerprint density at radius 1 is 1.24 bits per heavy atom. The standard InChI is InChI=1S/C20H21FN2O2/c1-24-20-17(15-7-9-23-10-8-15)3-2-4-19(20)25-13-16-6-5-14(12-22)11-18(16)21/h2-6,11,15,23H,7-10,13H2,1H3.